The number of hydrogen-bond donors (Lipinski definition) is 3. The molecule has 2 heterocycles. The summed E-state index contributed by atoms with van der Waals surface area (Å²) in [6, 6.07) is 8.63. The average Bonchev–Trinajstić information content (AvgIpc) is 3.05. The van der Waals surface area contributed by atoms with E-state index in [0.29, 0.717) is 17.8 Å². The predicted octanol–water partition coefficient (Wildman–Crippen LogP) is 3.66. The van der Waals surface area contributed by atoms with Crippen molar-refractivity contribution >= 4 is 22.8 Å². The molecule has 136 valence electrons. The Morgan fingerprint density at radius 3 is 2.46 bits per heavy atom. The van der Waals surface area contributed by atoms with Gasteiger partial charge in [0.25, 0.3) is 0 Å². The van der Waals surface area contributed by atoms with Crippen LogP contribution in [0.15, 0.2) is 30.5 Å². The normalized spacial score (nSPS) is 20.4. The summed E-state index contributed by atoms with van der Waals surface area (Å²) in [5, 5.41) is 7.97. The number of aryl methyl sites for hydroxylation is 1. The van der Waals surface area contributed by atoms with E-state index in [-0.39, 0.29) is 0 Å². The molecule has 0 amide bonds. The number of nitrogens with zero attached hydrogens (tertiary/aromatic N) is 3. The van der Waals surface area contributed by atoms with E-state index in [2.05, 4.69) is 41.6 Å². The van der Waals surface area contributed by atoms with Crippen molar-refractivity contribution in [2.45, 2.75) is 51.5 Å². The zero-order valence-electron chi connectivity index (χ0n) is 15.4. The molecule has 3 aromatic rings. The molecule has 1 fully saturated rings. The van der Waals surface area contributed by atoms with Gasteiger partial charge in [-0.05, 0) is 51.7 Å². The fraction of sp³-hybridized carbons (Fsp3) is 0.400. The van der Waals surface area contributed by atoms with Crippen molar-refractivity contribution < 1.29 is 0 Å². The van der Waals surface area contributed by atoms with E-state index in [1.165, 1.54) is 5.56 Å². The zero-order chi connectivity index (χ0) is 18.3. The lowest BCUT2D eigenvalue weighted by Gasteiger charge is -2.24. The van der Waals surface area contributed by atoms with E-state index < -0.39 is 0 Å². The maximum atomic E-state index is 6.15. The molecule has 26 heavy (non-hydrogen) atoms. The molecule has 4 rings (SSSR count). The minimum absolute atomic E-state index is 0.332. The van der Waals surface area contributed by atoms with Crippen LogP contribution in [-0.2, 0) is 0 Å². The van der Waals surface area contributed by atoms with Crippen LogP contribution < -0.4 is 16.8 Å². The molecule has 6 nitrogen and oxygen atoms in total. The number of fused-ring (bicyclic) bond motifs is 1. The third-order valence-corrected chi connectivity index (χ3v) is 5.42. The van der Waals surface area contributed by atoms with Crippen molar-refractivity contribution in [1.29, 1.82) is 0 Å². The molecule has 6 heteroatoms. The highest BCUT2D eigenvalue weighted by molar-refractivity contribution is 5.79. The van der Waals surface area contributed by atoms with Gasteiger partial charge in [0, 0.05) is 23.2 Å². The molecule has 0 atom stereocenters. The highest BCUT2D eigenvalue weighted by Crippen LogP contribution is 2.34. The number of nitrogen functional groups attached to an aromatic ring is 1. The van der Waals surface area contributed by atoms with Crippen molar-refractivity contribution in [3.63, 3.8) is 0 Å². The molecule has 0 bridgehead atoms. The van der Waals surface area contributed by atoms with Gasteiger partial charge in [0.15, 0.2) is 5.65 Å². The van der Waals surface area contributed by atoms with Crippen molar-refractivity contribution in [3.05, 3.63) is 47.3 Å². The maximum absolute atomic E-state index is 6.15. The van der Waals surface area contributed by atoms with Crippen LogP contribution in [0.5, 0.6) is 0 Å². The van der Waals surface area contributed by atoms with Crippen molar-refractivity contribution in [2.75, 3.05) is 11.1 Å². The molecule has 0 radical (unpaired) electrons. The average molecular weight is 350 g/mol. The molecule has 0 saturated heterocycles. The van der Waals surface area contributed by atoms with Crippen molar-refractivity contribution in [2.24, 2.45) is 5.73 Å². The van der Waals surface area contributed by atoms with E-state index in [4.69, 9.17) is 16.5 Å². The summed E-state index contributed by atoms with van der Waals surface area (Å²) < 4.78 is 1.81. The van der Waals surface area contributed by atoms with E-state index >= 15 is 0 Å². The summed E-state index contributed by atoms with van der Waals surface area (Å²) in [5.74, 6) is 0.965. The topological polar surface area (TPSA) is 94.3 Å². The van der Waals surface area contributed by atoms with Gasteiger partial charge in [-0.15, -0.1) is 5.10 Å². The lowest BCUT2D eigenvalue weighted by atomic mass is 9.85. The second kappa shape index (κ2) is 6.61. The Balaban J connectivity index is 1.73. The van der Waals surface area contributed by atoms with Crippen LogP contribution in [-0.4, -0.2) is 20.6 Å². The van der Waals surface area contributed by atoms with Crippen LogP contribution in [0.25, 0.3) is 5.65 Å². The summed E-state index contributed by atoms with van der Waals surface area (Å²) in [6.45, 7) is 4.06. The van der Waals surface area contributed by atoms with Gasteiger partial charge in [-0.25, -0.2) is 9.50 Å². The van der Waals surface area contributed by atoms with Gasteiger partial charge in [-0.3, -0.25) is 0 Å². The summed E-state index contributed by atoms with van der Waals surface area (Å²) in [5.41, 5.74) is 18.2. The smallest absolute Gasteiger partial charge is 0.177 e. The van der Waals surface area contributed by atoms with Gasteiger partial charge < -0.3 is 16.8 Å². The highest BCUT2D eigenvalue weighted by atomic mass is 15.3. The number of nitrogens with two attached hydrogens (primary N) is 2. The number of anilines is 3. The van der Waals surface area contributed by atoms with Gasteiger partial charge in [0.1, 0.15) is 5.82 Å². The SMILES string of the molecule is Cc1ccc(Nc2c(C)c(N)nn3cc([C@H]4CC[C@H](N)CC4)nc23)cc1. The maximum Gasteiger partial charge on any atom is 0.177 e. The molecular formula is C20H26N6. The molecule has 1 aliphatic rings. The Hall–Kier alpha value is -2.60. The van der Waals surface area contributed by atoms with E-state index in [9.17, 15) is 0 Å². The zero-order valence-corrected chi connectivity index (χ0v) is 15.4. The largest absolute Gasteiger partial charge is 0.382 e. The first-order valence-corrected chi connectivity index (χ1v) is 9.26. The molecule has 5 N–H and O–H groups in total. The molecule has 0 spiro atoms. The second-order valence-electron chi connectivity index (χ2n) is 7.42. The van der Waals surface area contributed by atoms with E-state index in [1.807, 2.05) is 17.6 Å². The summed E-state index contributed by atoms with van der Waals surface area (Å²) in [7, 11) is 0. The standard InChI is InChI=1S/C20H26N6/c1-12-3-9-16(10-4-12)23-18-13(2)19(22)25-26-11-17(24-20(18)26)14-5-7-15(21)8-6-14/h3-4,9-11,14-15,23H,5-8,21H2,1-2H3,(H2,22,25)/t14-,15-. The Labute approximate surface area is 153 Å². The fourth-order valence-corrected chi connectivity index (χ4v) is 3.66. The van der Waals surface area contributed by atoms with Crippen LogP contribution in [0.4, 0.5) is 17.2 Å². The Morgan fingerprint density at radius 2 is 1.77 bits per heavy atom. The number of nitrogens with one attached hydrogen (secondary N) is 1. The van der Waals surface area contributed by atoms with Gasteiger partial charge in [-0.1, -0.05) is 17.7 Å². The van der Waals surface area contributed by atoms with Crippen LogP contribution >= 0.6 is 0 Å². The quantitative estimate of drug-likeness (QED) is 0.670. The van der Waals surface area contributed by atoms with Crippen molar-refractivity contribution in [1.82, 2.24) is 14.6 Å². The predicted molar refractivity (Wildman–Crippen MR) is 106 cm³/mol. The second-order valence-corrected chi connectivity index (χ2v) is 7.42. The van der Waals surface area contributed by atoms with Crippen LogP contribution in [0.3, 0.4) is 0 Å². The van der Waals surface area contributed by atoms with E-state index in [1.54, 1.807) is 0 Å². The molecule has 2 aromatic heterocycles. The molecule has 1 saturated carbocycles. The van der Waals surface area contributed by atoms with Gasteiger partial charge in [0.2, 0.25) is 0 Å². The van der Waals surface area contributed by atoms with E-state index in [0.717, 1.165) is 54.0 Å². The van der Waals surface area contributed by atoms with Crippen LogP contribution in [0.2, 0.25) is 0 Å². The Morgan fingerprint density at radius 1 is 1.08 bits per heavy atom. The number of hydrogen-bond acceptors (Lipinski definition) is 5. The molecule has 1 aromatic carbocycles. The summed E-state index contributed by atoms with van der Waals surface area (Å²) in [4.78, 5) is 4.92. The molecular weight excluding hydrogens is 324 g/mol. The number of imidazole rings is 1. The van der Waals surface area contributed by atoms with Gasteiger partial charge in [0.05, 0.1) is 17.6 Å². The van der Waals surface area contributed by atoms with Crippen LogP contribution in [0.1, 0.15) is 48.4 Å². The minimum Gasteiger partial charge on any atom is -0.382 e. The van der Waals surface area contributed by atoms with Gasteiger partial charge in [-0.2, -0.15) is 0 Å². The van der Waals surface area contributed by atoms with Crippen LogP contribution in [0, 0.1) is 13.8 Å². The monoisotopic (exact) mass is 350 g/mol. The lowest BCUT2D eigenvalue weighted by Crippen LogP contribution is -2.25. The molecule has 0 unspecified atom stereocenters. The first kappa shape index (κ1) is 16.8. The van der Waals surface area contributed by atoms with Crippen molar-refractivity contribution in [3.8, 4) is 0 Å². The fourth-order valence-electron chi connectivity index (χ4n) is 3.66. The first-order chi connectivity index (χ1) is 12.5. The third kappa shape index (κ3) is 3.12. The summed E-state index contributed by atoms with van der Waals surface area (Å²) >= 11 is 0. The first-order valence-electron chi connectivity index (χ1n) is 9.26. The highest BCUT2D eigenvalue weighted by Gasteiger charge is 2.23. The third-order valence-electron chi connectivity index (χ3n) is 5.42. The minimum atomic E-state index is 0.332. The Bertz CT molecular complexity index is 920. The number of aromatic nitrogens is 3. The molecule has 1 aliphatic carbocycles. The lowest BCUT2D eigenvalue weighted by molar-refractivity contribution is 0.391. The number of benzene rings is 1. The van der Waals surface area contributed by atoms with Gasteiger partial charge >= 0.3 is 0 Å². The Kier molecular flexibility index (Phi) is 4.28. The summed E-state index contributed by atoms with van der Waals surface area (Å²) in [6.07, 6.45) is 6.30. The molecule has 0 aliphatic heterocycles. The number of rotatable bonds is 3.